The fourth-order valence-corrected chi connectivity index (χ4v) is 24.5. The van der Waals surface area contributed by atoms with Crippen molar-refractivity contribution < 1.29 is 52.1 Å². The van der Waals surface area contributed by atoms with Crippen LogP contribution in [0.4, 0.5) is 10.7 Å². The van der Waals surface area contributed by atoms with E-state index in [1.165, 1.54) is 39.6 Å². The second kappa shape index (κ2) is 37.9. The van der Waals surface area contributed by atoms with E-state index in [-0.39, 0.29) is 58.2 Å². The van der Waals surface area contributed by atoms with Crippen LogP contribution in [0, 0.1) is 12.0 Å². The molecule has 0 saturated carbocycles. The molecule has 4 N–H and O–H groups in total. The van der Waals surface area contributed by atoms with Crippen molar-refractivity contribution in [2.45, 2.75) is 86.2 Å². The van der Waals surface area contributed by atoms with Gasteiger partial charge >= 0.3 is 5.97 Å². The van der Waals surface area contributed by atoms with E-state index in [2.05, 4.69) is 64.0 Å². The highest BCUT2D eigenvalue weighted by atomic mass is 35.5. The number of morpholine rings is 1. The number of aliphatic hydroxyl groups is 2. The van der Waals surface area contributed by atoms with E-state index < -0.39 is 32.7 Å². The van der Waals surface area contributed by atoms with Crippen LogP contribution in [0.1, 0.15) is 164 Å². The van der Waals surface area contributed by atoms with E-state index in [4.69, 9.17) is 74.1 Å². The summed E-state index contributed by atoms with van der Waals surface area (Å²) < 4.78 is 38.4. The highest BCUT2D eigenvalue weighted by molar-refractivity contribution is 7.91. The third kappa shape index (κ3) is 18.7. The molecular formula is C96H77Cl5N8O11S6. The minimum Gasteiger partial charge on any atom is -0.450 e. The molecule has 638 valence electrons. The highest BCUT2D eigenvalue weighted by Gasteiger charge is 2.54. The first kappa shape index (κ1) is 89.1. The van der Waals surface area contributed by atoms with Gasteiger partial charge in [-0.15, -0.1) is 56.7 Å². The zero-order valence-electron chi connectivity index (χ0n) is 67.6. The number of nitrogens with zero attached hydrogens (tertiary/aromatic N) is 6. The summed E-state index contributed by atoms with van der Waals surface area (Å²) in [7, 11) is -3.65. The van der Waals surface area contributed by atoms with Crippen molar-refractivity contribution in [2.75, 3.05) is 44.3 Å². The molecule has 30 heteroatoms. The van der Waals surface area contributed by atoms with Gasteiger partial charge in [0.1, 0.15) is 32.2 Å². The number of hydrogen-bond acceptors (Lipinski definition) is 21. The molecule has 20 rings (SSSR count). The number of cyclic esters (lactones) is 1. The fraction of sp³-hybridized carbons (Fsp3) is 0.208. The van der Waals surface area contributed by atoms with Gasteiger partial charge in [0.15, 0.2) is 11.6 Å². The molecule has 13 heterocycles. The maximum atomic E-state index is 12.8. The lowest BCUT2D eigenvalue weighted by molar-refractivity contribution is -0.116. The molecule has 1 fully saturated rings. The van der Waals surface area contributed by atoms with Crippen molar-refractivity contribution >= 4 is 165 Å². The number of nitrogens with one attached hydrogen (secondary N) is 2. The first-order chi connectivity index (χ1) is 60.6. The number of carbonyl (C=O) groups excluding carboxylic acids is 5. The van der Waals surface area contributed by atoms with Crippen LogP contribution >= 0.6 is 115 Å². The number of benzene rings is 5. The van der Waals surface area contributed by atoms with Gasteiger partial charge in [-0.1, -0.05) is 133 Å². The number of fused-ring (bicyclic) bond motifs is 5. The van der Waals surface area contributed by atoms with Crippen LogP contribution in [0.5, 0.6) is 0 Å². The average molecular weight is 1890 g/mol. The smallest absolute Gasteiger partial charge is 0.348 e. The largest absolute Gasteiger partial charge is 0.450 e. The van der Waals surface area contributed by atoms with Crippen molar-refractivity contribution in [1.29, 1.82) is 0 Å². The Morgan fingerprint density at radius 1 is 0.556 bits per heavy atom. The van der Waals surface area contributed by atoms with E-state index in [1.54, 1.807) is 128 Å². The summed E-state index contributed by atoms with van der Waals surface area (Å²) in [6.07, 6.45) is 14.4. The van der Waals surface area contributed by atoms with Crippen LogP contribution in [0.3, 0.4) is 0 Å². The summed E-state index contributed by atoms with van der Waals surface area (Å²) in [5.41, 5.74) is 10.3. The van der Waals surface area contributed by atoms with Crippen molar-refractivity contribution in [3.63, 3.8) is 0 Å². The van der Waals surface area contributed by atoms with Gasteiger partial charge in [0.25, 0.3) is 15.9 Å². The predicted octanol–water partition coefficient (Wildman–Crippen LogP) is 22.8. The van der Waals surface area contributed by atoms with Crippen molar-refractivity contribution in [3.8, 4) is 41.8 Å². The summed E-state index contributed by atoms with van der Waals surface area (Å²) in [5, 5.41) is 30.3. The highest BCUT2D eigenvalue weighted by Crippen LogP contribution is 2.57. The normalized spacial score (nSPS) is 19.2. The molecule has 126 heavy (non-hydrogen) atoms. The van der Waals surface area contributed by atoms with E-state index in [1.807, 2.05) is 117 Å². The minimum atomic E-state index is -3.65. The van der Waals surface area contributed by atoms with Crippen molar-refractivity contribution in [3.05, 3.63) is 355 Å². The molecule has 2 aliphatic carbocycles. The Morgan fingerprint density at radius 3 is 1.59 bits per heavy atom. The molecule has 0 bridgehead atoms. The van der Waals surface area contributed by atoms with Crippen molar-refractivity contribution in [1.82, 2.24) is 30.0 Å². The number of β-amino-alcohol motifs (C(OH)–C–C–N with tert-alkyl or cyclic N) is 1. The lowest BCUT2D eigenvalue weighted by Crippen LogP contribution is -2.47. The lowest BCUT2D eigenvalue weighted by Gasteiger charge is -2.46. The number of esters is 1. The maximum Gasteiger partial charge on any atom is 0.348 e. The molecular weight excluding hydrogens is 1810 g/mol. The van der Waals surface area contributed by atoms with Crippen LogP contribution in [0.15, 0.2) is 242 Å². The lowest BCUT2D eigenvalue weighted by atomic mass is 9.61. The maximum absolute atomic E-state index is 12.8. The molecule has 9 aromatic heterocycles. The molecule has 4 aliphatic heterocycles. The van der Waals surface area contributed by atoms with E-state index in [9.17, 15) is 42.6 Å². The summed E-state index contributed by atoms with van der Waals surface area (Å²) in [6.45, 7) is 16.3. The van der Waals surface area contributed by atoms with Crippen LogP contribution < -0.4 is 14.9 Å². The number of carbonyl (C=O) groups is 5. The number of ketones is 3. The van der Waals surface area contributed by atoms with Gasteiger partial charge in [0.05, 0.1) is 39.4 Å². The van der Waals surface area contributed by atoms with E-state index in [0.717, 1.165) is 132 Å². The third-order valence-corrected chi connectivity index (χ3v) is 32.0. The van der Waals surface area contributed by atoms with E-state index in [0.29, 0.717) is 90.4 Å². The van der Waals surface area contributed by atoms with Crippen LogP contribution in [0.25, 0.3) is 46.6 Å². The zero-order valence-corrected chi connectivity index (χ0v) is 76.3. The Labute approximate surface area is 772 Å². The van der Waals surface area contributed by atoms with Crippen LogP contribution in [0.2, 0.25) is 25.1 Å². The van der Waals surface area contributed by atoms with Gasteiger partial charge in [-0.25, -0.2) is 22.8 Å². The quantitative estimate of drug-likeness (QED) is 0.0654. The molecule has 1 saturated heterocycles. The Bertz CT molecular complexity index is 6580. The van der Waals surface area contributed by atoms with Crippen LogP contribution in [-0.4, -0.2) is 107 Å². The topological polar surface area (TPSA) is 262 Å². The molecule has 5 atom stereocenters. The Kier molecular flexibility index (Phi) is 26.8. The first-order valence-electron chi connectivity index (χ1n) is 40.0. The number of anilines is 1. The number of aromatic nitrogens is 4. The van der Waals surface area contributed by atoms with Gasteiger partial charge in [-0.05, 0) is 214 Å². The van der Waals surface area contributed by atoms with Gasteiger partial charge in [-0.3, -0.25) is 39.1 Å². The molecule has 6 aliphatic rings. The molecule has 0 spiro atoms. The number of ether oxygens (including phenoxy) is 2. The number of hydrogen-bond donors (Lipinski definition) is 4. The first-order valence-corrected chi connectivity index (χ1v) is 47.5. The number of Topliss-reactive ketones (excluding diaryl/α,β-unsaturated/α-hetero) is 3. The number of thiophene rings is 5. The Balaban J connectivity index is 0.000000116. The third-order valence-electron chi connectivity index (χ3n) is 22.7. The van der Waals surface area contributed by atoms with Crippen molar-refractivity contribution in [2.24, 2.45) is 5.41 Å². The standard InChI is InChI=1S/C22H19ClN2O2S.C21H18ClNO2S.C19H14ClNOS.C17H13ClN2O3S2.C17H13ClN2O3S/c1-13(26)10-17-11-15(6-8-24-17)20-12-19-18(14-2-4-16(23)5-3-14)7-9-25-22(27)21(19)28-20;1-20(2)12-17(24)19-16(11-18(26-19)13-7-9-23-10-8-13)21(20,25)14-3-5-15(22)6-4-14;20-14-3-1-12(2-4-14)15-5-6-17(22)19-16(15)11-18(23-19)13-7-9-21-10-8-13;18-13-3-1-12(2-4-13)17(21)10-20-25(22,23)16-14(17)9-15(24-16)11-5-7-19-8-6-11;1-19-13-12-14(10-2-4-11(18)5-3-10)23-17(21)15(12)24-16(13)20-6-8-22-9-7-20/h2-6,8,11-12,18H,7,9-10H2,1H3,(H,25,27);3-11,25H,12H2,1-2H3;1-4,7-11,15H,5-6H2;1-9,20-21H,10H2;2-5,14H,6-9H2/t;;15-;17-;/m..00./s1. The number of halogens is 5. The summed E-state index contributed by atoms with van der Waals surface area (Å²) in [6, 6.07) is 60.2. The van der Waals surface area contributed by atoms with Crippen LogP contribution in [-0.2, 0) is 41.9 Å². The number of pyridine rings is 4. The minimum absolute atomic E-state index is 0.0271. The van der Waals surface area contributed by atoms with Gasteiger partial charge < -0.3 is 29.9 Å². The van der Waals surface area contributed by atoms with Gasteiger partial charge in [0, 0.05) is 173 Å². The summed E-state index contributed by atoms with van der Waals surface area (Å²) in [5.74, 6) is 0.430. The van der Waals surface area contributed by atoms with Gasteiger partial charge in [0.2, 0.25) is 5.69 Å². The second-order valence-electron chi connectivity index (χ2n) is 31.2. The average Bonchev–Trinajstić information content (AvgIpc) is 1.45. The number of sulfonamides is 1. The summed E-state index contributed by atoms with van der Waals surface area (Å²) in [4.78, 5) is 90.3. The predicted molar refractivity (Wildman–Crippen MR) is 501 cm³/mol. The van der Waals surface area contributed by atoms with E-state index >= 15 is 0 Å². The SMILES string of the molecule is CC(=O)Cc1cc(-c2cc3c(s2)C(=O)NCCC3c2ccc(Cl)cc2)ccn1.CC1(C)CC(=O)c2sc(-c3ccncc3)cc2C1(O)c1ccc(Cl)cc1.O=C1CC[C@@H](c2ccc(Cl)cc2)c2cc(-c3ccncc3)sc21.O=S1(=O)NC[C@](O)(c2ccc(Cl)cc2)c2cc(-c3ccncc3)sc21.[C-]#[N+]c1c(N2CCOCC2)sc2c1C(c1ccc(Cl)cc1)OC2=O. The molecule has 14 aromatic rings. The fourth-order valence-electron chi connectivity index (χ4n) is 16.3. The number of amides is 1. The molecule has 19 nitrogen and oxygen atoms in total. The van der Waals surface area contributed by atoms with Gasteiger partial charge in [-0.2, -0.15) is 0 Å². The Hall–Kier alpha value is -10.3. The zero-order chi connectivity index (χ0) is 88.3. The second-order valence-corrected chi connectivity index (χ2v) is 40.6. The molecule has 0 radical (unpaired) electrons. The summed E-state index contributed by atoms with van der Waals surface area (Å²) >= 11 is 36.9. The molecule has 5 aromatic carbocycles. The number of rotatable bonds is 12. The Morgan fingerprint density at radius 2 is 1.03 bits per heavy atom. The molecule has 3 unspecified atom stereocenters. The monoisotopic (exact) mass is 1880 g/mol. The molecule has 1 amide bonds.